The molecular formula is C25H29Cl2N3O5. The highest BCUT2D eigenvalue weighted by Crippen LogP contribution is 2.30. The van der Waals surface area contributed by atoms with Crippen LogP contribution in [0.1, 0.15) is 39.5 Å². The summed E-state index contributed by atoms with van der Waals surface area (Å²) in [7, 11) is 1.30. The molecule has 3 rings (SSSR count). The number of methoxy groups -OCH3 is 1. The fourth-order valence-corrected chi connectivity index (χ4v) is 4.01. The normalized spacial score (nSPS) is 13.3. The third-order valence-corrected chi connectivity index (χ3v) is 5.99. The molecule has 1 aliphatic rings. The molecular weight excluding hydrogens is 493 g/mol. The van der Waals surface area contributed by atoms with Crippen molar-refractivity contribution in [1.82, 2.24) is 9.13 Å². The van der Waals surface area contributed by atoms with Gasteiger partial charge < -0.3 is 14.8 Å². The molecule has 0 atom stereocenters. The zero-order valence-electron chi connectivity index (χ0n) is 20.0. The number of hydrogen-bond donors (Lipinski definition) is 1. The van der Waals surface area contributed by atoms with Gasteiger partial charge in [0.25, 0.3) is 5.56 Å². The quantitative estimate of drug-likeness (QED) is 0.442. The number of carbonyl (C=O) groups excluding carboxylic acids is 1. The zero-order chi connectivity index (χ0) is 25.5. The van der Waals surface area contributed by atoms with E-state index in [0.717, 1.165) is 15.2 Å². The van der Waals surface area contributed by atoms with Gasteiger partial charge in [-0.05, 0) is 63.0 Å². The van der Waals surface area contributed by atoms with E-state index in [-0.39, 0.29) is 25.6 Å². The van der Waals surface area contributed by atoms with Gasteiger partial charge in [-0.15, -0.1) is 0 Å². The average Bonchev–Trinajstić information content (AvgIpc) is 2.81. The van der Waals surface area contributed by atoms with Crippen molar-refractivity contribution in [3.63, 3.8) is 0 Å². The second kappa shape index (κ2) is 12.1. The van der Waals surface area contributed by atoms with Crippen LogP contribution in [-0.2, 0) is 22.6 Å². The minimum Gasteiger partial charge on any atom is -0.489 e. The first-order valence-electron chi connectivity index (χ1n) is 11.4. The minimum atomic E-state index is -0.475. The van der Waals surface area contributed by atoms with Crippen molar-refractivity contribution in [3.8, 4) is 5.75 Å². The maximum absolute atomic E-state index is 13.4. The first kappa shape index (κ1) is 26.6. The molecule has 2 aromatic rings. The molecule has 1 aromatic carbocycles. The van der Waals surface area contributed by atoms with Crippen LogP contribution in [0.3, 0.4) is 0 Å². The van der Waals surface area contributed by atoms with Gasteiger partial charge in [0.15, 0.2) is 0 Å². The van der Waals surface area contributed by atoms with Gasteiger partial charge in [-0.3, -0.25) is 18.7 Å². The molecule has 0 saturated carbocycles. The van der Waals surface area contributed by atoms with Crippen LogP contribution in [0.25, 0.3) is 0 Å². The van der Waals surface area contributed by atoms with Crippen molar-refractivity contribution in [2.75, 3.05) is 12.4 Å². The molecule has 1 aliphatic carbocycles. The van der Waals surface area contributed by atoms with Crippen LogP contribution in [-0.4, -0.2) is 28.3 Å². The fraction of sp³-hybridized carbons (Fsp3) is 0.400. The van der Waals surface area contributed by atoms with E-state index in [2.05, 4.69) is 10.1 Å². The highest BCUT2D eigenvalue weighted by molar-refractivity contribution is 6.32. The van der Waals surface area contributed by atoms with Gasteiger partial charge in [0, 0.05) is 29.8 Å². The van der Waals surface area contributed by atoms with Gasteiger partial charge in [0.1, 0.15) is 11.6 Å². The fourth-order valence-electron chi connectivity index (χ4n) is 3.63. The Morgan fingerprint density at radius 2 is 1.89 bits per heavy atom. The molecule has 1 heterocycles. The van der Waals surface area contributed by atoms with Crippen LogP contribution in [0.4, 0.5) is 11.5 Å². The Kier molecular flexibility index (Phi) is 9.23. The molecule has 1 aromatic heterocycles. The highest BCUT2D eigenvalue weighted by atomic mass is 35.5. The van der Waals surface area contributed by atoms with Gasteiger partial charge in [-0.1, -0.05) is 29.3 Å². The molecule has 0 aliphatic heterocycles. The average molecular weight is 522 g/mol. The summed E-state index contributed by atoms with van der Waals surface area (Å²) in [6, 6.07) is 6.55. The number of hydrogen-bond acceptors (Lipinski definition) is 6. The number of halogens is 2. The number of nitrogens with one attached hydrogen (secondary N) is 1. The molecule has 0 radical (unpaired) electrons. The van der Waals surface area contributed by atoms with Gasteiger partial charge in [-0.2, -0.15) is 0 Å². The summed E-state index contributed by atoms with van der Waals surface area (Å²) in [5.41, 5.74) is 0.656. The molecule has 1 N–H and O–H groups in total. The maximum atomic E-state index is 13.4. The van der Waals surface area contributed by atoms with Crippen molar-refractivity contribution in [2.45, 2.75) is 58.7 Å². The third kappa shape index (κ3) is 7.26. The third-order valence-electron chi connectivity index (χ3n) is 5.38. The van der Waals surface area contributed by atoms with E-state index in [1.165, 1.54) is 17.7 Å². The van der Waals surface area contributed by atoms with Gasteiger partial charge in [-0.25, -0.2) is 4.79 Å². The summed E-state index contributed by atoms with van der Waals surface area (Å²) < 4.78 is 13.0. The number of anilines is 2. The molecule has 0 amide bonds. The number of aromatic nitrogens is 2. The monoisotopic (exact) mass is 521 g/mol. The smallest absolute Gasteiger partial charge is 0.332 e. The Balaban J connectivity index is 1.96. The second-order valence-corrected chi connectivity index (χ2v) is 9.34. The number of esters is 1. The first-order valence-corrected chi connectivity index (χ1v) is 12.1. The number of benzene rings is 1. The minimum absolute atomic E-state index is 0.0328. The van der Waals surface area contributed by atoms with Crippen molar-refractivity contribution < 1.29 is 14.3 Å². The predicted octanol–water partition coefficient (Wildman–Crippen LogP) is 4.99. The van der Waals surface area contributed by atoms with Crippen molar-refractivity contribution >= 4 is 40.7 Å². The van der Waals surface area contributed by atoms with E-state index in [0.29, 0.717) is 41.5 Å². The number of rotatable bonds is 10. The van der Waals surface area contributed by atoms with Crippen LogP contribution >= 0.6 is 23.2 Å². The lowest BCUT2D eigenvalue weighted by Gasteiger charge is -2.19. The molecule has 0 fully saturated rings. The Morgan fingerprint density at radius 1 is 1.11 bits per heavy atom. The molecule has 10 heteroatoms. The number of ether oxygens (including phenoxy) is 2. The Labute approximate surface area is 213 Å². The predicted molar refractivity (Wildman–Crippen MR) is 138 cm³/mol. The standard InChI is InChI=1S/C25H29Cl2N3O5/c1-16(2)35-21-11-10-19(13-20(21)27)28-22-14-23(31)29(12-4-5-24(32)34-3)25(33)30(22)15-17-6-8-18(26)9-7-17/h6,8,10-11,13-14,16,28H,4-5,7,9,12,15H2,1-3H3. The molecule has 35 heavy (non-hydrogen) atoms. The van der Waals surface area contributed by atoms with Crippen LogP contribution in [0.15, 0.2) is 56.6 Å². The molecule has 8 nitrogen and oxygen atoms in total. The van der Waals surface area contributed by atoms with Crippen LogP contribution in [0.2, 0.25) is 5.02 Å². The zero-order valence-corrected chi connectivity index (χ0v) is 21.5. The van der Waals surface area contributed by atoms with Crippen molar-refractivity contribution in [2.24, 2.45) is 0 Å². The van der Waals surface area contributed by atoms with E-state index < -0.39 is 17.2 Å². The van der Waals surface area contributed by atoms with E-state index in [9.17, 15) is 14.4 Å². The lowest BCUT2D eigenvalue weighted by atomic mass is 10.1. The topological polar surface area (TPSA) is 91.6 Å². The van der Waals surface area contributed by atoms with E-state index in [1.807, 2.05) is 26.0 Å². The molecule has 0 saturated heterocycles. The lowest BCUT2D eigenvalue weighted by molar-refractivity contribution is -0.140. The Hall–Kier alpha value is -2.97. The van der Waals surface area contributed by atoms with E-state index in [1.54, 1.807) is 18.2 Å². The van der Waals surface area contributed by atoms with Crippen LogP contribution < -0.4 is 21.3 Å². The van der Waals surface area contributed by atoms with E-state index >= 15 is 0 Å². The molecule has 0 unspecified atom stereocenters. The second-order valence-electron chi connectivity index (χ2n) is 8.44. The summed E-state index contributed by atoms with van der Waals surface area (Å²) in [5.74, 6) is 0.482. The SMILES string of the molecule is COC(=O)CCCn1c(=O)cc(Nc2ccc(OC(C)C)c(Cl)c2)n(CC2=CC=C(Cl)CC2)c1=O. The molecule has 188 valence electrons. The number of nitrogens with zero attached hydrogens (tertiary/aromatic N) is 2. The van der Waals surface area contributed by atoms with Crippen molar-refractivity contribution in [3.05, 3.63) is 72.9 Å². The summed E-state index contributed by atoms with van der Waals surface area (Å²) in [6.45, 7) is 4.19. The summed E-state index contributed by atoms with van der Waals surface area (Å²) in [5, 5.41) is 4.31. The van der Waals surface area contributed by atoms with Crippen LogP contribution in [0, 0.1) is 0 Å². The molecule has 0 bridgehead atoms. The molecule has 0 spiro atoms. The van der Waals surface area contributed by atoms with Crippen molar-refractivity contribution in [1.29, 1.82) is 0 Å². The van der Waals surface area contributed by atoms with Gasteiger partial charge in [0.05, 0.1) is 24.8 Å². The largest absolute Gasteiger partial charge is 0.489 e. The summed E-state index contributed by atoms with van der Waals surface area (Å²) in [4.78, 5) is 37.7. The summed E-state index contributed by atoms with van der Waals surface area (Å²) >= 11 is 12.5. The summed E-state index contributed by atoms with van der Waals surface area (Å²) in [6.07, 6.45) is 5.49. The van der Waals surface area contributed by atoms with Gasteiger partial charge >= 0.3 is 11.7 Å². The number of carbonyl (C=O) groups is 1. The lowest BCUT2D eigenvalue weighted by Crippen LogP contribution is -2.40. The van der Waals surface area contributed by atoms with Gasteiger partial charge in [0.2, 0.25) is 0 Å². The maximum Gasteiger partial charge on any atom is 0.332 e. The Bertz CT molecular complexity index is 1260. The van der Waals surface area contributed by atoms with E-state index in [4.69, 9.17) is 27.9 Å². The number of allylic oxidation sites excluding steroid dienone is 4. The highest BCUT2D eigenvalue weighted by Gasteiger charge is 2.16. The van der Waals surface area contributed by atoms with Crippen LogP contribution in [0.5, 0.6) is 5.75 Å². The first-order chi connectivity index (χ1) is 16.7. The Morgan fingerprint density at radius 3 is 2.51 bits per heavy atom.